The number of nitrogens with zero attached hydrogens (tertiary/aromatic N) is 5. The van der Waals surface area contributed by atoms with Gasteiger partial charge < -0.3 is 13.9 Å². The monoisotopic (exact) mass is 551 g/mol. The second-order valence-corrected chi connectivity index (χ2v) is 12.6. The Labute approximate surface area is 231 Å². The van der Waals surface area contributed by atoms with Crippen molar-refractivity contribution in [3.05, 3.63) is 41.8 Å². The van der Waals surface area contributed by atoms with Gasteiger partial charge in [-0.3, -0.25) is 4.79 Å². The average Bonchev–Trinajstić information content (AvgIpc) is 3.46. The van der Waals surface area contributed by atoms with E-state index in [0.29, 0.717) is 30.6 Å². The van der Waals surface area contributed by atoms with Gasteiger partial charge in [0.1, 0.15) is 0 Å². The molecule has 0 radical (unpaired) electrons. The second kappa shape index (κ2) is 9.73. The minimum Gasteiger partial charge on any atom is -0.339 e. The van der Waals surface area contributed by atoms with Crippen LogP contribution in [0.5, 0.6) is 0 Å². The van der Waals surface area contributed by atoms with Gasteiger partial charge in [-0.25, -0.2) is 8.78 Å². The van der Waals surface area contributed by atoms with Gasteiger partial charge in [-0.05, 0) is 87.8 Å². The molecule has 0 N–H and O–H groups in total. The van der Waals surface area contributed by atoms with Gasteiger partial charge in [-0.1, -0.05) is 23.3 Å². The fraction of sp³-hybridized carbons (Fsp3) is 0.633. The Bertz CT molecular complexity index is 1370. The number of carbonyl (C=O) groups is 1. The molecular formula is C30H35F2N5O3. The summed E-state index contributed by atoms with van der Waals surface area (Å²) >= 11 is 0. The summed E-state index contributed by atoms with van der Waals surface area (Å²) in [5, 5.41) is 8.29. The first-order valence-corrected chi connectivity index (χ1v) is 14.7. The molecule has 40 heavy (non-hydrogen) atoms. The van der Waals surface area contributed by atoms with Crippen LogP contribution in [0.4, 0.5) is 14.5 Å². The zero-order chi connectivity index (χ0) is 27.5. The topological polar surface area (TPSA) is 98.1 Å². The summed E-state index contributed by atoms with van der Waals surface area (Å²) in [4.78, 5) is 25.0. The molecule has 0 unspecified atom stereocenters. The zero-order valence-corrected chi connectivity index (χ0v) is 22.8. The number of fused-ring (bicyclic) bond motifs is 3. The number of anilines is 1. The lowest BCUT2D eigenvalue weighted by Gasteiger charge is -2.53. The van der Waals surface area contributed by atoms with Crippen LogP contribution in [-0.2, 0) is 16.6 Å². The number of amides is 1. The molecule has 8 rings (SSSR count). The van der Waals surface area contributed by atoms with E-state index in [-0.39, 0.29) is 35.5 Å². The lowest BCUT2D eigenvalue weighted by Crippen LogP contribution is -2.53. The molecule has 5 aliphatic rings. The summed E-state index contributed by atoms with van der Waals surface area (Å²) in [5.41, 5.74) is 1.40. The van der Waals surface area contributed by atoms with Gasteiger partial charge in [0, 0.05) is 47.4 Å². The molecule has 0 aliphatic heterocycles. The highest BCUT2D eigenvalue weighted by Gasteiger charge is 2.54. The number of aryl methyl sites for hydroxylation is 1. The fourth-order valence-electron chi connectivity index (χ4n) is 7.02. The highest BCUT2D eigenvalue weighted by atomic mass is 19.3. The van der Waals surface area contributed by atoms with Crippen LogP contribution in [0.25, 0.3) is 11.5 Å². The van der Waals surface area contributed by atoms with Gasteiger partial charge in [-0.2, -0.15) is 9.97 Å². The van der Waals surface area contributed by atoms with Gasteiger partial charge in [0.25, 0.3) is 5.89 Å². The summed E-state index contributed by atoms with van der Waals surface area (Å²) < 4.78 is 37.8. The van der Waals surface area contributed by atoms with Crippen molar-refractivity contribution in [1.29, 1.82) is 0 Å². The Kier molecular flexibility index (Phi) is 6.27. The molecule has 3 aromatic rings. The molecule has 2 bridgehead atoms. The van der Waals surface area contributed by atoms with Crippen molar-refractivity contribution in [3.63, 3.8) is 0 Å². The standard InChI is InChI=1S/C30H35F2N5O3/c1-2-23-33-26(39-35-23)19-4-3-5-22(16-19)37(27(38)21-14-20(15-21)24(31)32)17-29-8-11-30(12-9-29,13-10-29)28-34-25(36-40-28)18-6-7-18/h3-5,16,18,20-21,24H,2,6-15,17H2,1H3. The smallest absolute Gasteiger partial charge is 0.257 e. The number of aromatic nitrogens is 4. The maximum Gasteiger partial charge on any atom is 0.257 e. The third-order valence-corrected chi connectivity index (χ3v) is 10.1. The van der Waals surface area contributed by atoms with Crippen LogP contribution in [0.2, 0.25) is 0 Å². The summed E-state index contributed by atoms with van der Waals surface area (Å²) in [7, 11) is 0. The molecule has 2 aromatic heterocycles. The van der Waals surface area contributed by atoms with Crippen molar-refractivity contribution in [3.8, 4) is 11.5 Å². The second-order valence-electron chi connectivity index (χ2n) is 12.6. The maximum atomic E-state index is 13.9. The van der Waals surface area contributed by atoms with Crippen LogP contribution in [0, 0.1) is 17.3 Å². The first kappa shape index (κ1) is 25.8. The molecule has 0 atom stereocenters. The van der Waals surface area contributed by atoms with E-state index in [0.717, 1.165) is 74.3 Å². The molecule has 1 amide bonds. The molecule has 8 nitrogen and oxygen atoms in total. The molecule has 5 aliphatic carbocycles. The predicted octanol–water partition coefficient (Wildman–Crippen LogP) is 6.48. The number of hydrogen-bond donors (Lipinski definition) is 0. The van der Waals surface area contributed by atoms with Gasteiger partial charge in [0.05, 0.1) is 0 Å². The van der Waals surface area contributed by atoms with E-state index in [9.17, 15) is 13.6 Å². The van der Waals surface area contributed by atoms with Crippen molar-refractivity contribution in [2.45, 2.75) is 95.3 Å². The van der Waals surface area contributed by atoms with Crippen LogP contribution >= 0.6 is 0 Å². The van der Waals surface area contributed by atoms with Crippen LogP contribution in [0.1, 0.15) is 94.6 Å². The van der Waals surface area contributed by atoms with Gasteiger partial charge >= 0.3 is 0 Å². The first-order chi connectivity index (χ1) is 19.4. The Hall–Kier alpha value is -3.17. The lowest BCUT2D eigenvalue weighted by molar-refractivity contribution is -0.129. The van der Waals surface area contributed by atoms with Crippen LogP contribution in [0.3, 0.4) is 0 Å². The average molecular weight is 552 g/mol. The molecule has 10 heteroatoms. The highest BCUT2D eigenvalue weighted by Crippen LogP contribution is 2.58. The molecule has 5 fully saturated rings. The van der Waals surface area contributed by atoms with E-state index in [1.807, 2.05) is 36.1 Å². The Morgan fingerprint density at radius 2 is 1.80 bits per heavy atom. The lowest BCUT2D eigenvalue weighted by atomic mass is 9.53. The van der Waals surface area contributed by atoms with Crippen LogP contribution in [0.15, 0.2) is 33.3 Å². The molecule has 212 valence electrons. The molecule has 0 saturated heterocycles. The van der Waals surface area contributed by atoms with Crippen molar-refractivity contribution in [1.82, 2.24) is 20.3 Å². The van der Waals surface area contributed by atoms with Crippen molar-refractivity contribution in [2.75, 3.05) is 11.4 Å². The number of rotatable bonds is 9. The summed E-state index contributed by atoms with van der Waals surface area (Å²) in [6.07, 6.45) is 6.83. The molecule has 0 spiro atoms. The highest BCUT2D eigenvalue weighted by molar-refractivity contribution is 5.96. The normalized spacial score (nSPS) is 29.5. The van der Waals surface area contributed by atoms with E-state index in [4.69, 9.17) is 14.0 Å². The minimum absolute atomic E-state index is 0.0293. The Balaban J connectivity index is 1.13. The minimum atomic E-state index is -2.38. The predicted molar refractivity (Wildman–Crippen MR) is 142 cm³/mol. The summed E-state index contributed by atoms with van der Waals surface area (Å²) in [5.74, 6) is 2.03. The van der Waals surface area contributed by atoms with Gasteiger partial charge in [0.15, 0.2) is 11.6 Å². The van der Waals surface area contributed by atoms with E-state index in [1.165, 1.54) is 0 Å². The molecule has 2 heterocycles. The quantitative estimate of drug-likeness (QED) is 0.300. The Morgan fingerprint density at radius 1 is 1.05 bits per heavy atom. The fourth-order valence-corrected chi connectivity index (χ4v) is 7.02. The van der Waals surface area contributed by atoms with Crippen LogP contribution in [-0.4, -0.2) is 39.2 Å². The van der Waals surface area contributed by atoms with E-state index >= 15 is 0 Å². The number of carbonyl (C=O) groups excluding carboxylic acids is 1. The molecule has 5 saturated carbocycles. The van der Waals surface area contributed by atoms with Gasteiger partial charge in [0.2, 0.25) is 18.2 Å². The maximum absolute atomic E-state index is 13.9. The number of benzene rings is 1. The SMILES string of the molecule is CCc1noc(-c2cccc(N(CC34CCC(c5nc(C6CC6)no5)(CC3)CC4)C(=O)C3CC(C(F)F)C3)c2)n1. The van der Waals surface area contributed by atoms with Crippen molar-refractivity contribution in [2.24, 2.45) is 17.3 Å². The number of hydrogen-bond acceptors (Lipinski definition) is 7. The Morgan fingerprint density at radius 3 is 2.45 bits per heavy atom. The molecular weight excluding hydrogens is 516 g/mol. The third-order valence-electron chi connectivity index (χ3n) is 10.1. The first-order valence-electron chi connectivity index (χ1n) is 14.7. The van der Waals surface area contributed by atoms with E-state index in [2.05, 4.69) is 15.3 Å². The summed E-state index contributed by atoms with van der Waals surface area (Å²) in [6.45, 7) is 2.53. The summed E-state index contributed by atoms with van der Waals surface area (Å²) in [6, 6.07) is 7.62. The van der Waals surface area contributed by atoms with Gasteiger partial charge in [-0.15, -0.1) is 0 Å². The van der Waals surface area contributed by atoms with E-state index in [1.54, 1.807) is 0 Å². The van der Waals surface area contributed by atoms with Crippen molar-refractivity contribution < 1.29 is 22.6 Å². The van der Waals surface area contributed by atoms with E-state index < -0.39 is 12.3 Å². The number of halogens is 2. The largest absolute Gasteiger partial charge is 0.339 e. The zero-order valence-electron chi connectivity index (χ0n) is 22.8. The number of alkyl halides is 2. The van der Waals surface area contributed by atoms with Crippen molar-refractivity contribution >= 4 is 11.6 Å². The third kappa shape index (κ3) is 4.53. The van der Waals surface area contributed by atoms with Crippen LogP contribution < -0.4 is 4.90 Å². The molecule has 1 aromatic carbocycles.